The van der Waals surface area contributed by atoms with Crippen LogP contribution < -0.4 is 5.32 Å². The summed E-state index contributed by atoms with van der Waals surface area (Å²) in [5, 5.41) is 13.9. The van der Waals surface area contributed by atoms with Crippen LogP contribution in [0.1, 0.15) is 23.2 Å². The van der Waals surface area contributed by atoms with Crippen LogP contribution in [0.4, 0.5) is 5.69 Å². The lowest BCUT2D eigenvalue weighted by Gasteiger charge is -2.32. The van der Waals surface area contributed by atoms with Gasteiger partial charge in [-0.25, -0.2) is 0 Å². The Bertz CT molecular complexity index is 517. The van der Waals surface area contributed by atoms with Crippen LogP contribution in [-0.4, -0.2) is 48.8 Å². The van der Waals surface area contributed by atoms with Gasteiger partial charge in [-0.3, -0.25) is 19.8 Å². The molecule has 1 aromatic rings. The molecule has 2 rings (SSSR count). The molecule has 6 nitrogen and oxygen atoms in total. The van der Waals surface area contributed by atoms with E-state index >= 15 is 0 Å². The Hall–Kier alpha value is -1.79. The molecule has 1 aromatic carbocycles. The number of likely N-dealkylation sites (tertiary alicyclic amines) is 1. The Morgan fingerprint density at radius 2 is 2.33 bits per heavy atom. The van der Waals surface area contributed by atoms with E-state index in [-0.39, 0.29) is 11.5 Å². The molecular weight excluding hydrogens is 270 g/mol. The summed E-state index contributed by atoms with van der Waals surface area (Å²) < 4.78 is 0. The molecule has 1 atom stereocenters. The van der Waals surface area contributed by atoms with E-state index in [2.05, 4.69) is 10.2 Å². The predicted molar refractivity (Wildman–Crippen MR) is 80.5 cm³/mol. The van der Waals surface area contributed by atoms with E-state index < -0.39 is 4.92 Å². The molecule has 0 aromatic heterocycles. The molecule has 1 aliphatic rings. The van der Waals surface area contributed by atoms with Gasteiger partial charge in [0, 0.05) is 24.2 Å². The zero-order valence-corrected chi connectivity index (χ0v) is 12.2. The first-order chi connectivity index (χ1) is 10.1. The zero-order chi connectivity index (χ0) is 15.2. The van der Waals surface area contributed by atoms with Crippen LogP contribution in [0.15, 0.2) is 24.3 Å². The lowest BCUT2D eigenvalue weighted by Crippen LogP contribution is -2.41. The number of carbonyl (C=O) groups is 1. The molecule has 0 saturated carbocycles. The molecule has 1 saturated heterocycles. The maximum Gasteiger partial charge on any atom is 0.270 e. The second-order valence-electron chi connectivity index (χ2n) is 5.53. The van der Waals surface area contributed by atoms with Crippen molar-refractivity contribution in [1.82, 2.24) is 10.2 Å². The third-order valence-electron chi connectivity index (χ3n) is 3.84. The molecule has 114 valence electrons. The van der Waals surface area contributed by atoms with Crippen molar-refractivity contribution in [1.29, 1.82) is 0 Å². The number of nitro benzene ring substituents is 1. The van der Waals surface area contributed by atoms with Gasteiger partial charge in [0.25, 0.3) is 5.69 Å². The number of Topliss-reactive ketones (excluding diaryl/α,β-unsaturated/α-hetero) is 1. The number of benzene rings is 1. The van der Waals surface area contributed by atoms with E-state index in [9.17, 15) is 14.9 Å². The van der Waals surface area contributed by atoms with Crippen molar-refractivity contribution in [2.45, 2.75) is 12.8 Å². The van der Waals surface area contributed by atoms with E-state index in [4.69, 9.17) is 0 Å². The molecule has 1 N–H and O–H groups in total. The Balaban J connectivity index is 1.97. The van der Waals surface area contributed by atoms with Crippen LogP contribution >= 0.6 is 0 Å². The average Bonchev–Trinajstić information content (AvgIpc) is 2.48. The number of hydrogen-bond acceptors (Lipinski definition) is 5. The fourth-order valence-corrected chi connectivity index (χ4v) is 2.84. The Morgan fingerprint density at radius 3 is 3.05 bits per heavy atom. The number of carbonyl (C=O) groups excluding carboxylic acids is 1. The maximum absolute atomic E-state index is 12.3. The molecule has 6 heteroatoms. The maximum atomic E-state index is 12.3. The number of non-ortho nitro benzene ring substituents is 1. The molecule has 21 heavy (non-hydrogen) atoms. The van der Waals surface area contributed by atoms with E-state index in [0.717, 1.165) is 26.1 Å². The third-order valence-corrected chi connectivity index (χ3v) is 3.84. The topological polar surface area (TPSA) is 75.5 Å². The normalized spacial score (nSPS) is 19.4. The smallest absolute Gasteiger partial charge is 0.270 e. The summed E-state index contributed by atoms with van der Waals surface area (Å²) >= 11 is 0. The minimum atomic E-state index is -0.472. The van der Waals surface area contributed by atoms with Crippen molar-refractivity contribution < 1.29 is 9.72 Å². The molecule has 1 heterocycles. The number of ketones is 1. The van der Waals surface area contributed by atoms with Gasteiger partial charge < -0.3 is 5.32 Å². The molecule has 0 spiro atoms. The third kappa shape index (κ3) is 4.34. The zero-order valence-electron chi connectivity index (χ0n) is 12.2. The highest BCUT2D eigenvalue weighted by atomic mass is 16.6. The summed E-state index contributed by atoms with van der Waals surface area (Å²) in [6.45, 7) is 3.12. The monoisotopic (exact) mass is 291 g/mol. The molecule has 0 bridgehead atoms. The van der Waals surface area contributed by atoms with Gasteiger partial charge in [0.05, 0.1) is 11.5 Å². The minimum Gasteiger partial charge on any atom is -0.319 e. The van der Waals surface area contributed by atoms with E-state index in [1.165, 1.54) is 18.6 Å². The van der Waals surface area contributed by atoms with Gasteiger partial charge in [-0.2, -0.15) is 0 Å². The van der Waals surface area contributed by atoms with Crippen molar-refractivity contribution in [3.05, 3.63) is 39.9 Å². The van der Waals surface area contributed by atoms with Crippen molar-refractivity contribution in [3.8, 4) is 0 Å². The van der Waals surface area contributed by atoms with Gasteiger partial charge in [-0.05, 0) is 38.9 Å². The van der Waals surface area contributed by atoms with Gasteiger partial charge in [0.15, 0.2) is 5.78 Å². The number of rotatable bonds is 6. The van der Waals surface area contributed by atoms with Crippen molar-refractivity contribution in [2.24, 2.45) is 5.92 Å². The van der Waals surface area contributed by atoms with E-state index in [1.807, 2.05) is 7.05 Å². The van der Waals surface area contributed by atoms with Gasteiger partial charge in [0.2, 0.25) is 0 Å². The van der Waals surface area contributed by atoms with E-state index in [0.29, 0.717) is 18.0 Å². The van der Waals surface area contributed by atoms with Crippen LogP contribution in [0.25, 0.3) is 0 Å². The van der Waals surface area contributed by atoms with Crippen molar-refractivity contribution in [2.75, 3.05) is 33.2 Å². The second-order valence-corrected chi connectivity index (χ2v) is 5.53. The molecule has 1 fully saturated rings. The number of hydrogen-bond donors (Lipinski definition) is 1. The van der Waals surface area contributed by atoms with E-state index in [1.54, 1.807) is 12.1 Å². The first-order valence-electron chi connectivity index (χ1n) is 7.24. The highest BCUT2D eigenvalue weighted by Crippen LogP contribution is 2.18. The average molecular weight is 291 g/mol. The summed E-state index contributed by atoms with van der Waals surface area (Å²) in [6.07, 6.45) is 2.27. The number of piperidine rings is 1. The Labute approximate surface area is 124 Å². The lowest BCUT2D eigenvalue weighted by molar-refractivity contribution is -0.384. The summed E-state index contributed by atoms with van der Waals surface area (Å²) in [5.74, 6) is 0.519. The first kappa shape index (κ1) is 15.6. The van der Waals surface area contributed by atoms with Gasteiger partial charge >= 0.3 is 0 Å². The Morgan fingerprint density at radius 1 is 1.52 bits per heavy atom. The Kier molecular flexibility index (Phi) is 5.41. The van der Waals surface area contributed by atoms with Crippen LogP contribution in [0.2, 0.25) is 0 Å². The fourth-order valence-electron chi connectivity index (χ4n) is 2.84. The van der Waals surface area contributed by atoms with Crippen LogP contribution in [0.5, 0.6) is 0 Å². The summed E-state index contributed by atoms with van der Waals surface area (Å²) in [7, 11) is 1.94. The summed E-state index contributed by atoms with van der Waals surface area (Å²) in [4.78, 5) is 24.7. The summed E-state index contributed by atoms with van der Waals surface area (Å²) in [5.41, 5.74) is 0.382. The quantitative estimate of drug-likeness (QED) is 0.490. The van der Waals surface area contributed by atoms with Gasteiger partial charge in [-0.15, -0.1) is 0 Å². The van der Waals surface area contributed by atoms with Crippen molar-refractivity contribution >= 4 is 11.5 Å². The van der Waals surface area contributed by atoms with Crippen LogP contribution in [-0.2, 0) is 0 Å². The first-order valence-corrected chi connectivity index (χ1v) is 7.24. The highest BCUT2D eigenvalue weighted by Gasteiger charge is 2.22. The molecule has 0 aliphatic carbocycles. The van der Waals surface area contributed by atoms with Crippen LogP contribution in [0.3, 0.4) is 0 Å². The number of nitrogens with one attached hydrogen (secondary N) is 1. The number of nitrogens with zero attached hydrogens (tertiary/aromatic N) is 2. The van der Waals surface area contributed by atoms with Crippen LogP contribution in [0, 0.1) is 16.0 Å². The van der Waals surface area contributed by atoms with Crippen molar-refractivity contribution in [3.63, 3.8) is 0 Å². The fraction of sp³-hybridized carbons (Fsp3) is 0.533. The lowest BCUT2D eigenvalue weighted by atomic mass is 9.97. The SMILES string of the molecule is CNCC1CCCN(CC(=O)c2cccc([N+](=O)[O-])c2)C1. The van der Waals surface area contributed by atoms with Gasteiger partial charge in [0.1, 0.15) is 0 Å². The molecule has 0 radical (unpaired) electrons. The molecule has 1 aliphatic heterocycles. The molecular formula is C15H21N3O3. The second kappa shape index (κ2) is 7.28. The predicted octanol–water partition coefficient (Wildman–Crippen LogP) is 1.71. The molecule has 1 unspecified atom stereocenters. The minimum absolute atomic E-state index is 0.0347. The summed E-state index contributed by atoms with van der Waals surface area (Å²) in [6, 6.07) is 5.97. The number of nitro groups is 1. The standard InChI is InChI=1S/C15H21N3O3/c1-16-9-12-4-3-7-17(10-12)11-15(19)13-5-2-6-14(8-13)18(20)21/h2,5-6,8,12,16H,3-4,7,9-11H2,1H3. The highest BCUT2D eigenvalue weighted by molar-refractivity contribution is 5.98. The molecule has 0 amide bonds. The van der Waals surface area contributed by atoms with Gasteiger partial charge in [-0.1, -0.05) is 12.1 Å². The largest absolute Gasteiger partial charge is 0.319 e.